The molecule has 0 spiro atoms. The predicted molar refractivity (Wildman–Crippen MR) is 154 cm³/mol. The summed E-state index contributed by atoms with van der Waals surface area (Å²) in [5.41, 5.74) is 4.34. The molecule has 0 aliphatic carbocycles. The summed E-state index contributed by atoms with van der Waals surface area (Å²) in [6, 6.07) is 15.4. The minimum Gasteiger partial charge on any atom is -0.372 e. The molecule has 5 rings (SSSR count). The Morgan fingerprint density at radius 1 is 0.900 bits per heavy atom. The summed E-state index contributed by atoms with van der Waals surface area (Å²) in [4.78, 5) is 35.9. The first-order valence-electron chi connectivity index (χ1n) is 13.9. The van der Waals surface area contributed by atoms with Crippen LogP contribution in [-0.4, -0.2) is 65.0 Å². The van der Waals surface area contributed by atoms with E-state index >= 15 is 0 Å². The monoisotopic (exact) mass is 543 g/mol. The van der Waals surface area contributed by atoms with Crippen molar-refractivity contribution in [2.75, 3.05) is 26.2 Å². The molecule has 2 aliphatic heterocycles. The highest BCUT2D eigenvalue weighted by atomic mass is 19.1. The van der Waals surface area contributed by atoms with Gasteiger partial charge < -0.3 is 14.5 Å². The molecule has 3 aromatic rings. The van der Waals surface area contributed by atoms with Crippen LogP contribution in [0.3, 0.4) is 0 Å². The van der Waals surface area contributed by atoms with Gasteiger partial charge in [0.25, 0.3) is 11.8 Å². The first kappa shape index (κ1) is 28.0. The number of hydrogen-bond acceptors (Lipinski definition) is 4. The maximum absolute atomic E-state index is 13.9. The number of aromatic nitrogens is 1. The third-order valence-electron chi connectivity index (χ3n) is 7.92. The van der Waals surface area contributed by atoms with E-state index in [9.17, 15) is 14.0 Å². The zero-order valence-corrected chi connectivity index (χ0v) is 24.2. The lowest BCUT2D eigenvalue weighted by Crippen LogP contribution is -2.53. The molecule has 6 nitrogen and oxygen atoms in total. The number of ether oxygens (including phenoxy) is 1. The van der Waals surface area contributed by atoms with E-state index in [0.717, 1.165) is 11.1 Å². The van der Waals surface area contributed by atoms with E-state index in [1.165, 1.54) is 12.1 Å². The Kier molecular flexibility index (Phi) is 7.29. The van der Waals surface area contributed by atoms with Crippen molar-refractivity contribution in [1.29, 1.82) is 0 Å². The molecule has 2 aliphatic rings. The van der Waals surface area contributed by atoms with Crippen molar-refractivity contribution in [2.24, 2.45) is 0 Å². The fourth-order valence-electron chi connectivity index (χ4n) is 5.48. The van der Waals surface area contributed by atoms with Gasteiger partial charge in [-0.05, 0) is 70.5 Å². The predicted octanol–water partition coefficient (Wildman–Crippen LogP) is 5.85. The SMILES string of the molecule is CC(C)(C)c1cc(C(=O)N2C[C@H]3OCCN(C(=O)c4cccnc4-c4ccc(F)cc4)[C@H]3C2)cc(C(C)(C)C)c1. The number of halogens is 1. The maximum Gasteiger partial charge on any atom is 0.256 e. The van der Waals surface area contributed by atoms with Crippen LogP contribution >= 0.6 is 0 Å². The van der Waals surface area contributed by atoms with Crippen molar-refractivity contribution < 1.29 is 18.7 Å². The molecule has 2 amide bonds. The van der Waals surface area contributed by atoms with Crippen molar-refractivity contribution in [3.8, 4) is 11.3 Å². The molecule has 3 heterocycles. The number of carbonyl (C=O) groups excluding carboxylic acids is 2. The minimum absolute atomic E-state index is 0.0459. The van der Waals surface area contributed by atoms with Gasteiger partial charge >= 0.3 is 0 Å². The van der Waals surface area contributed by atoms with Crippen molar-refractivity contribution in [3.05, 3.63) is 88.9 Å². The maximum atomic E-state index is 13.9. The molecule has 2 aromatic carbocycles. The topological polar surface area (TPSA) is 62.7 Å². The molecule has 2 saturated heterocycles. The summed E-state index contributed by atoms with van der Waals surface area (Å²) in [5, 5.41) is 0. The summed E-state index contributed by atoms with van der Waals surface area (Å²) in [6.45, 7) is 14.6. The van der Waals surface area contributed by atoms with Crippen LogP contribution in [0.1, 0.15) is 73.4 Å². The highest BCUT2D eigenvalue weighted by Gasteiger charge is 2.44. The van der Waals surface area contributed by atoms with E-state index in [0.29, 0.717) is 48.6 Å². The smallest absolute Gasteiger partial charge is 0.256 e. The van der Waals surface area contributed by atoms with Gasteiger partial charge in [-0.1, -0.05) is 47.6 Å². The number of amides is 2. The average Bonchev–Trinajstić information content (AvgIpc) is 3.36. The lowest BCUT2D eigenvalue weighted by Gasteiger charge is -2.37. The zero-order valence-electron chi connectivity index (χ0n) is 24.2. The number of hydrogen-bond donors (Lipinski definition) is 0. The van der Waals surface area contributed by atoms with Crippen LogP contribution < -0.4 is 0 Å². The molecule has 0 bridgehead atoms. The Balaban J connectivity index is 1.42. The van der Waals surface area contributed by atoms with E-state index in [1.54, 1.807) is 30.5 Å². The van der Waals surface area contributed by atoms with Crippen molar-refractivity contribution in [3.63, 3.8) is 0 Å². The van der Waals surface area contributed by atoms with Gasteiger partial charge in [0.1, 0.15) is 5.82 Å². The van der Waals surface area contributed by atoms with Crippen LogP contribution in [0.25, 0.3) is 11.3 Å². The molecular formula is C33H38FN3O3. The van der Waals surface area contributed by atoms with Gasteiger partial charge in [-0.25, -0.2) is 4.39 Å². The number of pyridine rings is 1. The van der Waals surface area contributed by atoms with Gasteiger partial charge in [0.15, 0.2) is 0 Å². The summed E-state index contributed by atoms with van der Waals surface area (Å²) in [5.74, 6) is -0.554. The van der Waals surface area contributed by atoms with Gasteiger partial charge in [0, 0.05) is 37.0 Å². The van der Waals surface area contributed by atoms with E-state index in [2.05, 4.69) is 52.6 Å². The lowest BCUT2D eigenvalue weighted by atomic mass is 9.79. The quantitative estimate of drug-likeness (QED) is 0.416. The zero-order chi connectivity index (χ0) is 28.8. The number of rotatable bonds is 3. The highest BCUT2D eigenvalue weighted by Crippen LogP contribution is 2.33. The molecule has 40 heavy (non-hydrogen) atoms. The molecule has 1 aromatic heterocycles. The van der Waals surface area contributed by atoms with E-state index in [4.69, 9.17) is 4.74 Å². The lowest BCUT2D eigenvalue weighted by molar-refractivity contribution is -0.0369. The van der Waals surface area contributed by atoms with Crippen molar-refractivity contribution in [2.45, 2.75) is 64.5 Å². The fraction of sp³-hybridized carbons (Fsp3) is 0.424. The second-order valence-electron chi connectivity index (χ2n) is 12.9. The Morgan fingerprint density at radius 3 is 2.17 bits per heavy atom. The number of likely N-dealkylation sites (tertiary alicyclic amines) is 1. The van der Waals surface area contributed by atoms with Gasteiger partial charge in [-0.3, -0.25) is 14.6 Å². The largest absolute Gasteiger partial charge is 0.372 e. The van der Waals surface area contributed by atoms with E-state index in [-0.39, 0.29) is 40.6 Å². The number of carbonyl (C=O) groups is 2. The summed E-state index contributed by atoms with van der Waals surface area (Å²) in [7, 11) is 0. The van der Waals surface area contributed by atoms with Crippen molar-refractivity contribution >= 4 is 11.8 Å². The molecule has 2 fully saturated rings. The molecule has 0 radical (unpaired) electrons. The summed E-state index contributed by atoms with van der Waals surface area (Å²) in [6.07, 6.45) is 1.37. The average molecular weight is 544 g/mol. The third kappa shape index (κ3) is 5.52. The van der Waals surface area contributed by atoms with Crippen LogP contribution in [0, 0.1) is 5.82 Å². The number of nitrogens with zero attached hydrogens (tertiary/aromatic N) is 3. The number of fused-ring (bicyclic) bond motifs is 1. The van der Waals surface area contributed by atoms with Crippen LogP contribution in [0.4, 0.5) is 4.39 Å². The second kappa shape index (κ2) is 10.4. The molecule has 0 unspecified atom stereocenters. The number of morpholine rings is 1. The Labute approximate surface area is 236 Å². The van der Waals surface area contributed by atoms with E-state index < -0.39 is 0 Å². The Morgan fingerprint density at radius 2 is 1.55 bits per heavy atom. The molecule has 210 valence electrons. The normalized spacial score (nSPS) is 19.5. The molecule has 0 N–H and O–H groups in total. The molecular weight excluding hydrogens is 505 g/mol. The first-order valence-corrected chi connectivity index (χ1v) is 13.9. The van der Waals surface area contributed by atoms with Gasteiger partial charge in [0.2, 0.25) is 0 Å². The van der Waals surface area contributed by atoms with Gasteiger partial charge in [0.05, 0.1) is 30.0 Å². The van der Waals surface area contributed by atoms with Crippen LogP contribution in [0.5, 0.6) is 0 Å². The fourth-order valence-corrected chi connectivity index (χ4v) is 5.48. The van der Waals surface area contributed by atoms with Crippen LogP contribution in [0.15, 0.2) is 60.8 Å². The number of benzene rings is 2. The van der Waals surface area contributed by atoms with Crippen LogP contribution in [0.2, 0.25) is 0 Å². The molecule has 0 saturated carbocycles. The minimum atomic E-state index is -0.345. The van der Waals surface area contributed by atoms with Gasteiger partial charge in [-0.2, -0.15) is 0 Å². The first-order chi connectivity index (χ1) is 18.8. The second-order valence-corrected chi connectivity index (χ2v) is 12.9. The third-order valence-corrected chi connectivity index (χ3v) is 7.92. The summed E-state index contributed by atoms with van der Waals surface area (Å²) >= 11 is 0. The van der Waals surface area contributed by atoms with Gasteiger partial charge in [-0.15, -0.1) is 0 Å². The standard InChI is InChI=1S/C33H38FN3O3/c1-32(2,3)23-16-22(17-24(18-23)33(4,5)6)30(38)36-19-27-28(20-36)40-15-14-37(27)31(39)26-8-7-13-35-29(26)21-9-11-25(34)12-10-21/h7-13,16-18,27-28H,14-15,19-20H2,1-6H3/t27-,28+/m0/s1. The van der Waals surface area contributed by atoms with Crippen molar-refractivity contribution in [1.82, 2.24) is 14.8 Å². The highest BCUT2D eigenvalue weighted by molar-refractivity contribution is 6.00. The summed E-state index contributed by atoms with van der Waals surface area (Å²) < 4.78 is 19.6. The Bertz CT molecular complexity index is 1390. The molecule has 2 atom stereocenters. The van der Waals surface area contributed by atoms with E-state index in [1.807, 2.05) is 21.9 Å². The Hall–Kier alpha value is -3.58. The van der Waals surface area contributed by atoms with Crippen LogP contribution in [-0.2, 0) is 15.6 Å². The molecule has 7 heteroatoms.